The molecule has 1 aliphatic rings. The van der Waals surface area contributed by atoms with E-state index in [0.29, 0.717) is 13.2 Å². The van der Waals surface area contributed by atoms with Gasteiger partial charge in [-0.1, -0.05) is 0 Å². The van der Waals surface area contributed by atoms with Crippen LogP contribution in [0.25, 0.3) is 0 Å². The summed E-state index contributed by atoms with van der Waals surface area (Å²) in [6, 6.07) is 0.823. The normalized spacial score (nSPS) is 23.2. The monoisotopic (exact) mass is 306 g/mol. The molecule has 6 nitrogen and oxygen atoms in total. The quantitative estimate of drug-likeness (QED) is 0.910. The third kappa shape index (κ3) is 4.10. The SMILES string of the molecule is C[C@H]1OCCN(C(=O)Nc2ccn(CC(F)(F)F)n2)[C@H]1C. The van der Waals surface area contributed by atoms with Crippen molar-refractivity contribution in [1.82, 2.24) is 14.7 Å². The van der Waals surface area contributed by atoms with Crippen LogP contribution in [-0.2, 0) is 11.3 Å². The van der Waals surface area contributed by atoms with Gasteiger partial charge in [-0.2, -0.15) is 18.3 Å². The first-order chi connectivity index (χ1) is 9.76. The predicted molar refractivity (Wildman–Crippen MR) is 68.9 cm³/mol. The van der Waals surface area contributed by atoms with Crippen molar-refractivity contribution in [3.63, 3.8) is 0 Å². The van der Waals surface area contributed by atoms with Crippen molar-refractivity contribution >= 4 is 11.8 Å². The van der Waals surface area contributed by atoms with Gasteiger partial charge in [-0.05, 0) is 13.8 Å². The molecule has 0 unspecified atom stereocenters. The number of urea groups is 1. The number of anilines is 1. The second-order valence-electron chi connectivity index (χ2n) is 4.95. The number of carbonyl (C=O) groups is 1. The Bertz CT molecular complexity index is 503. The van der Waals surface area contributed by atoms with E-state index in [-0.39, 0.29) is 18.0 Å². The van der Waals surface area contributed by atoms with Crippen LogP contribution in [0.1, 0.15) is 13.8 Å². The van der Waals surface area contributed by atoms with Gasteiger partial charge in [0.15, 0.2) is 5.82 Å². The number of nitrogens with zero attached hydrogens (tertiary/aromatic N) is 3. The highest BCUT2D eigenvalue weighted by atomic mass is 19.4. The number of carbonyl (C=O) groups excluding carboxylic acids is 1. The number of aromatic nitrogens is 2. The molecule has 1 N–H and O–H groups in total. The van der Waals surface area contributed by atoms with Gasteiger partial charge < -0.3 is 9.64 Å². The summed E-state index contributed by atoms with van der Waals surface area (Å²) in [7, 11) is 0. The van der Waals surface area contributed by atoms with Gasteiger partial charge in [0, 0.05) is 18.8 Å². The van der Waals surface area contributed by atoms with E-state index in [4.69, 9.17) is 4.74 Å². The van der Waals surface area contributed by atoms with Crippen LogP contribution >= 0.6 is 0 Å². The Kier molecular flexibility index (Phi) is 4.40. The lowest BCUT2D eigenvalue weighted by molar-refractivity contribution is -0.142. The number of hydrogen-bond acceptors (Lipinski definition) is 3. The predicted octanol–water partition coefficient (Wildman–Crippen LogP) is 2.09. The van der Waals surface area contributed by atoms with Crippen molar-refractivity contribution in [2.45, 2.75) is 38.7 Å². The van der Waals surface area contributed by atoms with Crippen LogP contribution in [0.3, 0.4) is 0 Å². The summed E-state index contributed by atoms with van der Waals surface area (Å²) >= 11 is 0. The van der Waals surface area contributed by atoms with E-state index in [9.17, 15) is 18.0 Å². The highest BCUT2D eigenvalue weighted by Crippen LogP contribution is 2.18. The minimum atomic E-state index is -4.35. The fraction of sp³-hybridized carbons (Fsp3) is 0.667. The Labute approximate surface area is 119 Å². The number of hydrogen-bond donors (Lipinski definition) is 1. The van der Waals surface area contributed by atoms with Gasteiger partial charge in [0.05, 0.1) is 18.8 Å². The number of alkyl halides is 3. The van der Waals surface area contributed by atoms with E-state index >= 15 is 0 Å². The lowest BCUT2D eigenvalue weighted by atomic mass is 10.1. The third-order valence-corrected chi connectivity index (χ3v) is 3.36. The van der Waals surface area contributed by atoms with Crippen LogP contribution in [-0.4, -0.2) is 52.2 Å². The summed E-state index contributed by atoms with van der Waals surface area (Å²) in [5, 5.41) is 6.18. The van der Waals surface area contributed by atoms with Gasteiger partial charge in [-0.25, -0.2) is 4.79 Å². The lowest BCUT2D eigenvalue weighted by Gasteiger charge is -2.37. The second-order valence-corrected chi connectivity index (χ2v) is 4.95. The average molecular weight is 306 g/mol. The fourth-order valence-electron chi connectivity index (χ4n) is 2.10. The first-order valence-corrected chi connectivity index (χ1v) is 6.56. The molecule has 0 bridgehead atoms. The molecule has 1 saturated heterocycles. The number of morpholine rings is 1. The van der Waals surface area contributed by atoms with E-state index in [1.807, 2.05) is 13.8 Å². The molecular formula is C12H17F3N4O2. The Morgan fingerprint density at radius 3 is 2.90 bits per heavy atom. The van der Waals surface area contributed by atoms with E-state index in [2.05, 4.69) is 10.4 Å². The lowest BCUT2D eigenvalue weighted by Crippen LogP contribution is -2.52. The van der Waals surface area contributed by atoms with Crippen molar-refractivity contribution in [1.29, 1.82) is 0 Å². The fourth-order valence-corrected chi connectivity index (χ4v) is 2.10. The van der Waals surface area contributed by atoms with Crippen LogP contribution in [0.5, 0.6) is 0 Å². The molecule has 1 fully saturated rings. The highest BCUT2D eigenvalue weighted by Gasteiger charge is 2.30. The molecule has 9 heteroatoms. The van der Waals surface area contributed by atoms with Crippen LogP contribution in [0.4, 0.5) is 23.8 Å². The van der Waals surface area contributed by atoms with Crippen molar-refractivity contribution in [2.75, 3.05) is 18.5 Å². The zero-order valence-electron chi connectivity index (χ0n) is 11.7. The molecular weight excluding hydrogens is 289 g/mol. The van der Waals surface area contributed by atoms with Crippen molar-refractivity contribution < 1.29 is 22.7 Å². The maximum atomic E-state index is 12.2. The van der Waals surface area contributed by atoms with Gasteiger partial charge >= 0.3 is 12.2 Å². The molecule has 1 aromatic heterocycles. The minimum absolute atomic E-state index is 0.0905. The van der Waals surface area contributed by atoms with Gasteiger partial charge in [-0.3, -0.25) is 10.00 Å². The Hall–Kier alpha value is -1.77. The Morgan fingerprint density at radius 2 is 2.24 bits per heavy atom. The zero-order chi connectivity index (χ0) is 15.6. The van der Waals surface area contributed by atoms with E-state index < -0.39 is 18.8 Å². The molecule has 0 spiro atoms. The standard InChI is InChI=1S/C12H17F3N4O2/c1-8-9(2)21-6-5-19(8)11(20)16-10-3-4-18(17-10)7-12(13,14)15/h3-4,8-9H,5-7H2,1-2H3,(H,16,17,20)/t8-,9+/m0/s1. The molecule has 1 aromatic rings. The highest BCUT2D eigenvalue weighted by molar-refractivity contribution is 5.88. The van der Waals surface area contributed by atoms with Gasteiger partial charge in [-0.15, -0.1) is 0 Å². The van der Waals surface area contributed by atoms with Crippen molar-refractivity contribution in [2.24, 2.45) is 0 Å². The average Bonchev–Trinajstić information content (AvgIpc) is 2.77. The summed E-state index contributed by atoms with van der Waals surface area (Å²) in [6.07, 6.45) is -3.26. The van der Waals surface area contributed by atoms with Crippen LogP contribution in [0, 0.1) is 0 Å². The molecule has 2 atom stereocenters. The maximum Gasteiger partial charge on any atom is 0.408 e. The smallest absolute Gasteiger partial charge is 0.375 e. The summed E-state index contributed by atoms with van der Waals surface area (Å²) in [4.78, 5) is 13.7. The second kappa shape index (κ2) is 5.92. The number of halogens is 3. The summed E-state index contributed by atoms with van der Waals surface area (Å²) < 4.78 is 42.8. The zero-order valence-corrected chi connectivity index (χ0v) is 11.7. The number of amides is 2. The van der Waals surface area contributed by atoms with Gasteiger partial charge in [0.2, 0.25) is 0 Å². The van der Waals surface area contributed by atoms with Crippen LogP contribution in [0.15, 0.2) is 12.3 Å². The van der Waals surface area contributed by atoms with Crippen molar-refractivity contribution in [3.8, 4) is 0 Å². The van der Waals surface area contributed by atoms with Crippen LogP contribution in [0.2, 0.25) is 0 Å². The molecule has 2 heterocycles. The van der Waals surface area contributed by atoms with E-state index in [1.165, 1.54) is 12.3 Å². The molecule has 2 amide bonds. The van der Waals surface area contributed by atoms with Gasteiger partial charge in [0.1, 0.15) is 6.54 Å². The Balaban J connectivity index is 1.96. The van der Waals surface area contributed by atoms with Crippen molar-refractivity contribution in [3.05, 3.63) is 12.3 Å². The maximum absolute atomic E-state index is 12.2. The Morgan fingerprint density at radius 1 is 1.52 bits per heavy atom. The number of ether oxygens (including phenoxy) is 1. The largest absolute Gasteiger partial charge is 0.408 e. The minimum Gasteiger partial charge on any atom is -0.375 e. The summed E-state index contributed by atoms with van der Waals surface area (Å²) in [6.45, 7) is 3.39. The van der Waals surface area contributed by atoms with E-state index in [1.54, 1.807) is 4.90 Å². The molecule has 1 aliphatic heterocycles. The summed E-state index contributed by atoms with van der Waals surface area (Å²) in [5.74, 6) is 0.0931. The molecule has 118 valence electrons. The van der Waals surface area contributed by atoms with E-state index in [0.717, 1.165) is 4.68 Å². The molecule has 0 radical (unpaired) electrons. The van der Waals surface area contributed by atoms with Crippen LogP contribution < -0.4 is 5.32 Å². The molecule has 0 aliphatic carbocycles. The molecule has 0 aromatic carbocycles. The topological polar surface area (TPSA) is 59.4 Å². The molecule has 0 saturated carbocycles. The number of nitrogens with one attached hydrogen (secondary N) is 1. The molecule has 2 rings (SSSR count). The molecule has 21 heavy (non-hydrogen) atoms. The third-order valence-electron chi connectivity index (χ3n) is 3.36. The first-order valence-electron chi connectivity index (χ1n) is 6.56. The van der Waals surface area contributed by atoms with Gasteiger partial charge in [0.25, 0.3) is 0 Å². The first kappa shape index (κ1) is 15.6. The summed E-state index contributed by atoms with van der Waals surface area (Å²) in [5.41, 5.74) is 0. The number of rotatable bonds is 2.